The number of aryl methyl sites for hydroxylation is 2. The van der Waals surface area contributed by atoms with Crippen molar-refractivity contribution in [2.45, 2.75) is 25.5 Å². The summed E-state index contributed by atoms with van der Waals surface area (Å²) >= 11 is 7.43. The highest BCUT2D eigenvalue weighted by molar-refractivity contribution is 7.99. The average Bonchev–Trinajstić information content (AvgIpc) is 3.56. The van der Waals surface area contributed by atoms with Gasteiger partial charge in [-0.25, -0.2) is 5.43 Å². The van der Waals surface area contributed by atoms with Crippen LogP contribution in [-0.4, -0.2) is 37.2 Å². The normalized spacial score (nSPS) is 11.6. The Morgan fingerprint density at radius 2 is 1.71 bits per heavy atom. The second kappa shape index (κ2) is 11.6. The van der Waals surface area contributed by atoms with E-state index < -0.39 is 0 Å². The molecule has 0 spiro atoms. The average molecular weight is 579 g/mol. The summed E-state index contributed by atoms with van der Waals surface area (Å²) in [4.78, 5) is 12.7. The van der Waals surface area contributed by atoms with Crippen molar-refractivity contribution < 1.29 is 4.79 Å². The van der Waals surface area contributed by atoms with E-state index in [1.165, 1.54) is 33.6 Å². The van der Waals surface area contributed by atoms with Crippen LogP contribution in [0.5, 0.6) is 0 Å². The molecule has 204 valence electrons. The van der Waals surface area contributed by atoms with Crippen LogP contribution in [-0.2, 0) is 11.3 Å². The summed E-state index contributed by atoms with van der Waals surface area (Å²) in [6, 6.07) is 30.2. The monoisotopic (exact) mass is 578 g/mol. The molecule has 0 fully saturated rings. The quantitative estimate of drug-likeness (QED) is 0.117. The second-order valence-electron chi connectivity index (χ2n) is 9.60. The molecule has 1 N–H and O–H groups in total. The highest BCUT2D eigenvalue weighted by Crippen LogP contribution is 2.30. The zero-order chi connectivity index (χ0) is 28.3. The predicted molar refractivity (Wildman–Crippen MR) is 168 cm³/mol. The van der Waals surface area contributed by atoms with E-state index in [1.54, 1.807) is 6.21 Å². The van der Waals surface area contributed by atoms with Gasteiger partial charge in [0.05, 0.1) is 12.0 Å². The number of para-hydroxylation sites is 1. The number of rotatable bonds is 8. The minimum absolute atomic E-state index is 0.125. The molecule has 7 nitrogen and oxygen atoms in total. The molecule has 0 saturated heterocycles. The van der Waals surface area contributed by atoms with Crippen molar-refractivity contribution in [2.75, 3.05) is 5.75 Å². The molecule has 9 heteroatoms. The van der Waals surface area contributed by atoms with Gasteiger partial charge in [0.1, 0.15) is 0 Å². The molecular weight excluding hydrogens is 552 g/mol. The van der Waals surface area contributed by atoms with Crippen LogP contribution in [0.25, 0.3) is 38.9 Å². The molecule has 0 aliphatic rings. The number of hydrogen-bond donors (Lipinski definition) is 1. The summed E-state index contributed by atoms with van der Waals surface area (Å²) in [6.45, 7) is 5.08. The van der Waals surface area contributed by atoms with Crippen molar-refractivity contribution in [3.8, 4) is 17.1 Å². The van der Waals surface area contributed by atoms with Crippen molar-refractivity contribution in [1.82, 2.24) is 24.8 Å². The molecule has 0 saturated carbocycles. The lowest BCUT2D eigenvalue weighted by atomic mass is 10.1. The number of carbonyl (C=O) groups is 1. The SMILES string of the molecule is CCn1c2ccccc2c2cc(/C=N/NC(=O)CSc3nnc(-c4ccc(C)cc4)n3-c3ccc(Cl)cc3)ccc21. The first-order chi connectivity index (χ1) is 20.0. The molecule has 2 heterocycles. The molecule has 6 aromatic rings. The van der Waals surface area contributed by atoms with Crippen molar-refractivity contribution >= 4 is 57.3 Å². The Bertz CT molecular complexity index is 1890. The molecular formula is C32H27ClN6OS. The summed E-state index contributed by atoms with van der Waals surface area (Å²) in [7, 11) is 0. The fourth-order valence-electron chi connectivity index (χ4n) is 4.91. The number of aromatic nitrogens is 4. The summed E-state index contributed by atoms with van der Waals surface area (Å²) in [5, 5.41) is 16.7. The number of hydrazone groups is 1. The van der Waals surface area contributed by atoms with Crippen LogP contribution in [0.4, 0.5) is 0 Å². The lowest BCUT2D eigenvalue weighted by Gasteiger charge is -2.10. The lowest BCUT2D eigenvalue weighted by Crippen LogP contribution is -2.20. The number of benzene rings is 4. The predicted octanol–water partition coefficient (Wildman–Crippen LogP) is 7.27. The molecule has 6 rings (SSSR count). The zero-order valence-corrected chi connectivity index (χ0v) is 24.2. The Labute approximate surface area is 246 Å². The molecule has 1 amide bonds. The maximum absolute atomic E-state index is 12.7. The molecule has 0 aliphatic heterocycles. The molecule has 4 aromatic carbocycles. The number of nitrogens with one attached hydrogen (secondary N) is 1. The summed E-state index contributed by atoms with van der Waals surface area (Å²) in [6.07, 6.45) is 1.67. The Morgan fingerprint density at radius 3 is 2.49 bits per heavy atom. The van der Waals surface area contributed by atoms with E-state index in [1.807, 2.05) is 66.1 Å². The van der Waals surface area contributed by atoms with Gasteiger partial charge in [-0.05, 0) is 61.9 Å². The van der Waals surface area contributed by atoms with Gasteiger partial charge in [0, 0.05) is 44.6 Å². The third-order valence-electron chi connectivity index (χ3n) is 6.88. The summed E-state index contributed by atoms with van der Waals surface area (Å²) < 4.78 is 4.24. The van der Waals surface area contributed by atoms with E-state index in [0.29, 0.717) is 16.0 Å². The van der Waals surface area contributed by atoms with E-state index in [9.17, 15) is 4.79 Å². The molecule has 0 unspecified atom stereocenters. The fourth-order valence-corrected chi connectivity index (χ4v) is 5.78. The van der Waals surface area contributed by atoms with Crippen molar-refractivity contribution in [2.24, 2.45) is 5.10 Å². The third kappa shape index (κ3) is 5.49. The first kappa shape index (κ1) is 26.8. The van der Waals surface area contributed by atoms with Gasteiger partial charge in [-0.3, -0.25) is 9.36 Å². The topological polar surface area (TPSA) is 77.1 Å². The highest BCUT2D eigenvalue weighted by Gasteiger charge is 2.17. The van der Waals surface area contributed by atoms with Crippen LogP contribution >= 0.6 is 23.4 Å². The first-order valence-electron chi connectivity index (χ1n) is 13.3. The number of amides is 1. The molecule has 0 atom stereocenters. The van der Waals surface area contributed by atoms with E-state index in [-0.39, 0.29) is 11.7 Å². The van der Waals surface area contributed by atoms with Crippen LogP contribution in [0.3, 0.4) is 0 Å². The minimum atomic E-state index is -0.238. The Balaban J connectivity index is 1.18. The zero-order valence-electron chi connectivity index (χ0n) is 22.6. The lowest BCUT2D eigenvalue weighted by molar-refractivity contribution is -0.118. The molecule has 0 aliphatic carbocycles. The van der Waals surface area contributed by atoms with Crippen molar-refractivity contribution in [3.63, 3.8) is 0 Å². The van der Waals surface area contributed by atoms with Gasteiger partial charge in [0.15, 0.2) is 11.0 Å². The standard InChI is InChI=1S/C32H27ClN6OS/c1-3-38-28-7-5-4-6-26(28)27-18-22(10-17-29(27)38)19-34-35-30(40)20-41-32-37-36-31(23-11-8-21(2)9-12-23)39(32)25-15-13-24(33)14-16-25/h4-19H,3,20H2,1-2H3,(H,35,40)/b34-19+. The fraction of sp³-hybridized carbons (Fsp3) is 0.125. The van der Waals surface area contributed by atoms with Gasteiger partial charge in [-0.15, -0.1) is 10.2 Å². The van der Waals surface area contributed by atoms with Crippen molar-refractivity contribution in [1.29, 1.82) is 0 Å². The van der Waals surface area contributed by atoms with Crippen LogP contribution < -0.4 is 5.43 Å². The molecule has 0 radical (unpaired) electrons. The maximum atomic E-state index is 12.7. The minimum Gasteiger partial charge on any atom is -0.341 e. The number of carbonyl (C=O) groups excluding carboxylic acids is 1. The highest BCUT2D eigenvalue weighted by atomic mass is 35.5. The first-order valence-corrected chi connectivity index (χ1v) is 14.6. The molecule has 2 aromatic heterocycles. The van der Waals surface area contributed by atoms with Gasteiger partial charge in [-0.2, -0.15) is 5.10 Å². The third-order valence-corrected chi connectivity index (χ3v) is 8.06. The number of hydrogen-bond acceptors (Lipinski definition) is 5. The second-order valence-corrected chi connectivity index (χ2v) is 11.0. The summed E-state index contributed by atoms with van der Waals surface area (Å²) in [5.41, 5.74) is 8.89. The Hall–Kier alpha value is -4.40. The Kier molecular flexibility index (Phi) is 7.59. The smallest absolute Gasteiger partial charge is 0.250 e. The van der Waals surface area contributed by atoms with Gasteiger partial charge < -0.3 is 4.57 Å². The maximum Gasteiger partial charge on any atom is 0.250 e. The van der Waals surface area contributed by atoms with Gasteiger partial charge in [0.25, 0.3) is 5.91 Å². The van der Waals surface area contributed by atoms with Gasteiger partial charge in [0.2, 0.25) is 0 Å². The van der Waals surface area contributed by atoms with Crippen LogP contribution in [0.2, 0.25) is 5.02 Å². The van der Waals surface area contributed by atoms with E-state index >= 15 is 0 Å². The van der Waals surface area contributed by atoms with Crippen LogP contribution in [0.15, 0.2) is 101 Å². The molecule has 0 bridgehead atoms. The van der Waals surface area contributed by atoms with E-state index in [4.69, 9.17) is 11.6 Å². The summed E-state index contributed by atoms with van der Waals surface area (Å²) in [5.74, 6) is 0.575. The Morgan fingerprint density at radius 1 is 0.951 bits per heavy atom. The number of fused-ring (bicyclic) bond motifs is 3. The van der Waals surface area contributed by atoms with Crippen LogP contribution in [0, 0.1) is 6.92 Å². The molecule has 41 heavy (non-hydrogen) atoms. The number of thioether (sulfide) groups is 1. The number of nitrogens with zero attached hydrogens (tertiary/aromatic N) is 5. The van der Waals surface area contributed by atoms with Gasteiger partial charge in [-0.1, -0.05) is 77.5 Å². The number of halogens is 1. The van der Waals surface area contributed by atoms with Crippen LogP contribution in [0.1, 0.15) is 18.1 Å². The van der Waals surface area contributed by atoms with Crippen molar-refractivity contribution in [3.05, 3.63) is 107 Å². The van der Waals surface area contributed by atoms with Gasteiger partial charge >= 0.3 is 0 Å². The largest absolute Gasteiger partial charge is 0.341 e. The van der Waals surface area contributed by atoms with E-state index in [0.717, 1.165) is 28.9 Å². The van der Waals surface area contributed by atoms with E-state index in [2.05, 4.69) is 68.6 Å².